The molecule has 0 bridgehead atoms. The van der Waals surface area contributed by atoms with E-state index in [0.717, 1.165) is 23.5 Å². The fourth-order valence-corrected chi connectivity index (χ4v) is 2.61. The molecule has 3 aromatic rings. The quantitative estimate of drug-likeness (QED) is 0.750. The first-order valence-corrected chi connectivity index (χ1v) is 8.22. The third kappa shape index (κ3) is 4.20. The highest BCUT2D eigenvalue weighted by atomic mass is 16.1. The molecule has 5 nitrogen and oxygen atoms in total. The van der Waals surface area contributed by atoms with Crippen LogP contribution in [0.2, 0.25) is 0 Å². The molecule has 0 spiro atoms. The lowest BCUT2D eigenvalue weighted by Crippen LogP contribution is -2.24. The number of hydrogen-bond donors (Lipinski definition) is 1. The first-order valence-electron chi connectivity index (χ1n) is 8.22. The summed E-state index contributed by atoms with van der Waals surface area (Å²) in [4.78, 5) is 22.8. The second-order valence-corrected chi connectivity index (χ2v) is 5.56. The number of benzene rings is 1. The van der Waals surface area contributed by atoms with Crippen molar-refractivity contribution in [3.05, 3.63) is 84.4 Å². The molecule has 1 amide bonds. The number of amides is 1. The van der Waals surface area contributed by atoms with E-state index in [0.29, 0.717) is 12.1 Å². The number of aromatic nitrogens is 2. The van der Waals surface area contributed by atoms with Crippen molar-refractivity contribution in [2.45, 2.75) is 13.5 Å². The standard InChI is InChI=1S/C20H20N4O/c1-2-24(18-8-4-3-5-9-18)19-11-17(14-22-15-19)20(25)23-13-16-7-6-10-21-12-16/h3-12,14-15H,2,13H2,1H3,(H,23,25). The molecular formula is C20H20N4O. The molecule has 0 aliphatic heterocycles. The van der Waals surface area contributed by atoms with Gasteiger partial charge in [0.05, 0.1) is 17.4 Å². The van der Waals surface area contributed by atoms with E-state index < -0.39 is 0 Å². The summed E-state index contributed by atoms with van der Waals surface area (Å²) >= 11 is 0. The summed E-state index contributed by atoms with van der Waals surface area (Å²) in [6.07, 6.45) is 6.81. The maximum absolute atomic E-state index is 12.4. The van der Waals surface area contributed by atoms with E-state index in [1.165, 1.54) is 0 Å². The van der Waals surface area contributed by atoms with Crippen LogP contribution in [0, 0.1) is 0 Å². The van der Waals surface area contributed by atoms with Gasteiger partial charge in [-0.2, -0.15) is 0 Å². The monoisotopic (exact) mass is 332 g/mol. The molecule has 1 aromatic carbocycles. The van der Waals surface area contributed by atoms with Gasteiger partial charge < -0.3 is 10.2 Å². The maximum Gasteiger partial charge on any atom is 0.253 e. The molecule has 0 atom stereocenters. The number of pyridine rings is 2. The Morgan fingerprint density at radius 3 is 2.56 bits per heavy atom. The van der Waals surface area contributed by atoms with Gasteiger partial charge in [0.1, 0.15) is 0 Å². The Labute approximate surface area is 147 Å². The van der Waals surface area contributed by atoms with E-state index in [4.69, 9.17) is 0 Å². The molecule has 25 heavy (non-hydrogen) atoms. The maximum atomic E-state index is 12.4. The van der Waals surface area contributed by atoms with Crippen molar-refractivity contribution in [1.82, 2.24) is 15.3 Å². The summed E-state index contributed by atoms with van der Waals surface area (Å²) in [7, 11) is 0. The van der Waals surface area contributed by atoms with Crippen molar-refractivity contribution >= 4 is 17.3 Å². The van der Waals surface area contributed by atoms with Crippen LogP contribution in [0.4, 0.5) is 11.4 Å². The number of rotatable bonds is 6. The molecule has 5 heteroatoms. The highest BCUT2D eigenvalue weighted by Gasteiger charge is 2.11. The smallest absolute Gasteiger partial charge is 0.253 e. The Morgan fingerprint density at radius 2 is 1.84 bits per heavy atom. The molecule has 0 radical (unpaired) electrons. The predicted octanol–water partition coefficient (Wildman–Crippen LogP) is 3.56. The second-order valence-electron chi connectivity index (χ2n) is 5.56. The van der Waals surface area contributed by atoms with Crippen molar-refractivity contribution in [2.75, 3.05) is 11.4 Å². The molecule has 0 aliphatic rings. The van der Waals surface area contributed by atoms with Crippen molar-refractivity contribution in [3.8, 4) is 0 Å². The SMILES string of the molecule is CCN(c1ccccc1)c1cncc(C(=O)NCc2cccnc2)c1. The van der Waals surface area contributed by atoms with Gasteiger partial charge in [0.25, 0.3) is 5.91 Å². The van der Waals surface area contributed by atoms with Crippen LogP contribution in [-0.2, 0) is 6.54 Å². The molecule has 126 valence electrons. The molecule has 0 unspecified atom stereocenters. The number of carbonyl (C=O) groups excluding carboxylic acids is 1. The Bertz CT molecular complexity index is 821. The Balaban J connectivity index is 1.75. The first-order chi connectivity index (χ1) is 12.3. The van der Waals surface area contributed by atoms with Crippen LogP contribution in [0.5, 0.6) is 0 Å². The number of nitrogens with one attached hydrogen (secondary N) is 1. The minimum absolute atomic E-state index is 0.151. The van der Waals surface area contributed by atoms with Crippen LogP contribution in [-0.4, -0.2) is 22.4 Å². The van der Waals surface area contributed by atoms with Crippen molar-refractivity contribution in [3.63, 3.8) is 0 Å². The lowest BCUT2D eigenvalue weighted by Gasteiger charge is -2.23. The summed E-state index contributed by atoms with van der Waals surface area (Å²) in [5, 5.41) is 2.90. The van der Waals surface area contributed by atoms with Crippen molar-refractivity contribution < 1.29 is 4.79 Å². The van der Waals surface area contributed by atoms with Gasteiger partial charge in [0.15, 0.2) is 0 Å². The zero-order chi connectivity index (χ0) is 17.5. The molecule has 2 aromatic heterocycles. The minimum Gasteiger partial charge on any atom is -0.348 e. The Morgan fingerprint density at radius 1 is 1.00 bits per heavy atom. The molecule has 0 saturated heterocycles. The van der Waals surface area contributed by atoms with Crippen molar-refractivity contribution in [2.24, 2.45) is 0 Å². The van der Waals surface area contributed by atoms with Crippen LogP contribution in [0.1, 0.15) is 22.8 Å². The van der Waals surface area contributed by atoms with Gasteiger partial charge in [-0.25, -0.2) is 0 Å². The van der Waals surface area contributed by atoms with Gasteiger partial charge in [-0.1, -0.05) is 24.3 Å². The fourth-order valence-electron chi connectivity index (χ4n) is 2.61. The number of anilines is 2. The van der Waals surface area contributed by atoms with Gasteiger partial charge in [-0.15, -0.1) is 0 Å². The summed E-state index contributed by atoms with van der Waals surface area (Å²) in [5.41, 5.74) is 3.46. The highest BCUT2D eigenvalue weighted by Crippen LogP contribution is 2.24. The van der Waals surface area contributed by atoms with Crippen LogP contribution >= 0.6 is 0 Å². The van der Waals surface area contributed by atoms with Crippen molar-refractivity contribution in [1.29, 1.82) is 0 Å². The number of para-hydroxylation sites is 1. The van der Waals surface area contributed by atoms with E-state index in [2.05, 4.69) is 27.1 Å². The van der Waals surface area contributed by atoms with E-state index in [9.17, 15) is 4.79 Å². The Kier molecular flexibility index (Phi) is 5.36. The summed E-state index contributed by atoms with van der Waals surface area (Å²) in [6.45, 7) is 3.29. The van der Waals surface area contributed by atoms with Crippen LogP contribution in [0.3, 0.4) is 0 Å². The molecule has 1 N–H and O–H groups in total. The highest BCUT2D eigenvalue weighted by molar-refractivity contribution is 5.94. The number of nitrogens with zero attached hydrogens (tertiary/aromatic N) is 3. The summed E-state index contributed by atoms with van der Waals surface area (Å²) in [5.74, 6) is -0.151. The normalized spacial score (nSPS) is 10.3. The number of hydrogen-bond acceptors (Lipinski definition) is 4. The van der Waals surface area contributed by atoms with Crippen LogP contribution in [0.25, 0.3) is 0 Å². The lowest BCUT2D eigenvalue weighted by atomic mass is 10.2. The molecule has 0 aliphatic carbocycles. The third-order valence-corrected chi connectivity index (χ3v) is 3.86. The average molecular weight is 332 g/mol. The lowest BCUT2D eigenvalue weighted by molar-refractivity contribution is 0.0950. The average Bonchev–Trinajstić information content (AvgIpc) is 2.69. The van der Waals surface area contributed by atoms with E-state index in [1.54, 1.807) is 24.8 Å². The number of carbonyl (C=O) groups is 1. The molecular weight excluding hydrogens is 312 g/mol. The molecule has 2 heterocycles. The third-order valence-electron chi connectivity index (χ3n) is 3.86. The largest absolute Gasteiger partial charge is 0.348 e. The summed E-state index contributed by atoms with van der Waals surface area (Å²) < 4.78 is 0. The summed E-state index contributed by atoms with van der Waals surface area (Å²) in [6, 6.07) is 15.7. The zero-order valence-corrected chi connectivity index (χ0v) is 14.1. The van der Waals surface area contributed by atoms with Crippen LogP contribution < -0.4 is 10.2 Å². The van der Waals surface area contributed by atoms with Gasteiger partial charge >= 0.3 is 0 Å². The second kappa shape index (κ2) is 8.06. The van der Waals surface area contributed by atoms with Gasteiger partial charge in [-0.3, -0.25) is 14.8 Å². The van der Waals surface area contributed by atoms with Gasteiger partial charge in [0.2, 0.25) is 0 Å². The minimum atomic E-state index is -0.151. The molecule has 0 fully saturated rings. The zero-order valence-electron chi connectivity index (χ0n) is 14.1. The Hall–Kier alpha value is -3.21. The van der Waals surface area contributed by atoms with E-state index in [1.807, 2.05) is 48.5 Å². The molecule has 3 rings (SSSR count). The molecule has 0 saturated carbocycles. The first kappa shape index (κ1) is 16.6. The fraction of sp³-hybridized carbons (Fsp3) is 0.150. The topological polar surface area (TPSA) is 58.1 Å². The van der Waals surface area contributed by atoms with Gasteiger partial charge in [-0.05, 0) is 36.8 Å². The van der Waals surface area contributed by atoms with E-state index >= 15 is 0 Å². The van der Waals surface area contributed by atoms with E-state index in [-0.39, 0.29) is 5.91 Å². The van der Waals surface area contributed by atoms with Gasteiger partial charge in [0, 0.05) is 37.4 Å². The van der Waals surface area contributed by atoms with Crippen LogP contribution in [0.15, 0.2) is 73.3 Å². The predicted molar refractivity (Wildman–Crippen MR) is 98.8 cm³/mol.